The van der Waals surface area contributed by atoms with Gasteiger partial charge in [0.1, 0.15) is 12.9 Å². The van der Waals surface area contributed by atoms with Gasteiger partial charge in [0.25, 0.3) is 0 Å². The van der Waals surface area contributed by atoms with Crippen molar-refractivity contribution < 1.29 is 59.1 Å². The van der Waals surface area contributed by atoms with Gasteiger partial charge in [0.15, 0.2) is 25.0 Å². The molecule has 2 aromatic carbocycles. The Morgan fingerprint density at radius 2 is 1.16 bits per heavy atom. The van der Waals surface area contributed by atoms with Gasteiger partial charge >= 0.3 is 0 Å². The average Bonchev–Trinajstić information content (AvgIpc) is 1.57. The third-order valence-electron chi connectivity index (χ3n) is 25.0. The van der Waals surface area contributed by atoms with Crippen LogP contribution in [0.3, 0.4) is 0 Å². The first kappa shape index (κ1) is 70.6. The number of aliphatic hydroxyl groups excluding tert-OH is 2. The summed E-state index contributed by atoms with van der Waals surface area (Å²) in [7, 11) is -9.33. The number of rotatable bonds is 21. The van der Waals surface area contributed by atoms with Crippen LogP contribution >= 0.6 is 7.14 Å². The largest absolute Gasteiger partial charge is 0.413 e. The van der Waals surface area contributed by atoms with Crippen molar-refractivity contribution in [3.63, 3.8) is 0 Å². The molecular formula is C89H147O9PSi3. The molecule has 0 aromatic heterocycles. The van der Waals surface area contributed by atoms with Crippen LogP contribution in [-0.2, 0) is 27.4 Å². The zero-order valence-electron chi connectivity index (χ0n) is 76.4. The fourth-order valence-corrected chi connectivity index (χ4v) is 23.4. The van der Waals surface area contributed by atoms with E-state index in [9.17, 15) is 24.7 Å². The van der Waals surface area contributed by atoms with Gasteiger partial charge in [0, 0.05) is 71.6 Å². The molecule has 9 nitrogen and oxygen atoms in total. The molecule has 2 aromatic rings. The SMILES string of the molecule is C.C.C1CCOC1.C=C1/C(=C\CP(=O)(c2ccccc2)c2ccccc2)CC(O[Si](C)(C)C(C)(C)C)C[C@@H]1O[Si](C)(C)C(C)(C)C.[2H]C([2H])([2H])C(CCCC1(C2=CCC3C(=O)CCC[C@]23C)CC1)(O[Si](C)(C)C)C([2H])([2H])[2H].[2H]C([2H])([2H])C(O)(CCCC1(C2=CCC3/C(=C/C=C4/CC(O)C[C@H](O)C4=C)CCC[C@]23C)CC1)C([2H])([2H])[2H]. The predicted octanol–water partition coefficient (Wildman–Crippen LogP) is 23.2. The number of carbonyl (C=O) groups is 1. The van der Waals surface area contributed by atoms with Crippen molar-refractivity contribution >= 4 is 48.5 Å². The quantitative estimate of drug-likeness (QED) is 0.0635. The van der Waals surface area contributed by atoms with Gasteiger partial charge in [-0.15, -0.1) is 0 Å². The van der Waals surface area contributed by atoms with Crippen LogP contribution < -0.4 is 10.6 Å². The van der Waals surface area contributed by atoms with E-state index < -0.39 is 82.9 Å². The summed E-state index contributed by atoms with van der Waals surface area (Å²) < 4.78 is 134. The topological polar surface area (TPSA) is 132 Å². The lowest BCUT2D eigenvalue weighted by Gasteiger charge is -2.45. The number of hydrogen-bond donors (Lipinski definition) is 3. The molecule has 574 valence electrons. The molecule has 4 unspecified atom stereocenters. The number of carbonyl (C=O) groups excluding carboxylic acids is 1. The van der Waals surface area contributed by atoms with Gasteiger partial charge in [0.2, 0.25) is 0 Å². The number of allylic oxidation sites excluding steroid dienone is 8. The summed E-state index contributed by atoms with van der Waals surface area (Å²) in [6.45, 7) is 32.3. The zero-order valence-corrected chi connectivity index (χ0v) is 68.3. The van der Waals surface area contributed by atoms with Crippen molar-refractivity contribution in [2.45, 2.75) is 343 Å². The van der Waals surface area contributed by atoms with E-state index in [0.717, 1.165) is 130 Å². The Bertz CT molecular complexity index is 3730. The minimum absolute atomic E-state index is 0. The van der Waals surface area contributed by atoms with Gasteiger partial charge in [-0.05, 0) is 268 Å². The molecule has 7 fully saturated rings. The molecular weight excluding hydrogens is 1330 g/mol. The summed E-state index contributed by atoms with van der Waals surface area (Å²) in [5, 5.41) is 32.9. The second kappa shape index (κ2) is 34.6. The Morgan fingerprint density at radius 1 is 0.647 bits per heavy atom. The third kappa shape index (κ3) is 22.1. The molecule has 0 bridgehead atoms. The van der Waals surface area contributed by atoms with Crippen LogP contribution in [-0.4, -0.2) is 101 Å². The van der Waals surface area contributed by atoms with Gasteiger partial charge in [-0.25, -0.2) is 0 Å². The molecule has 8 atom stereocenters. The summed E-state index contributed by atoms with van der Waals surface area (Å²) in [6, 6.07) is 19.8. The summed E-state index contributed by atoms with van der Waals surface area (Å²) in [5.41, 5.74) is 3.06. The molecule has 6 saturated carbocycles. The number of hydrogen-bond acceptors (Lipinski definition) is 9. The molecule has 0 spiro atoms. The van der Waals surface area contributed by atoms with E-state index in [1.165, 1.54) is 29.6 Å². The van der Waals surface area contributed by atoms with Crippen molar-refractivity contribution in [3.8, 4) is 0 Å². The fraction of sp³-hybridized carbons (Fsp3) is 0.697. The van der Waals surface area contributed by atoms with Crippen molar-refractivity contribution in [1.82, 2.24) is 0 Å². The number of ether oxygens (including phenoxy) is 1. The molecule has 1 aliphatic heterocycles. The second-order valence-electron chi connectivity index (χ2n) is 36.0. The van der Waals surface area contributed by atoms with Gasteiger partial charge in [0.05, 0.1) is 35.6 Å². The maximum atomic E-state index is 14.7. The Balaban J connectivity index is 0.000000257. The zero-order chi connectivity index (χ0) is 83.8. The van der Waals surface area contributed by atoms with Crippen molar-refractivity contribution in [2.24, 2.45) is 33.5 Å². The van der Waals surface area contributed by atoms with Gasteiger partial charge in [-0.3, -0.25) is 4.79 Å². The van der Waals surface area contributed by atoms with E-state index >= 15 is 0 Å². The number of Topliss-reactive ketones (excluding diaryl/α,β-unsaturated/α-hetero) is 1. The summed E-state index contributed by atoms with van der Waals surface area (Å²) in [6.07, 6.45) is 28.9. The number of aliphatic hydroxyl groups is 3. The molecule has 1 saturated heterocycles. The van der Waals surface area contributed by atoms with E-state index in [1.54, 1.807) is 0 Å². The summed E-state index contributed by atoms with van der Waals surface area (Å²) >= 11 is 0. The minimum Gasteiger partial charge on any atom is -0.413 e. The van der Waals surface area contributed by atoms with E-state index in [1.807, 2.05) is 86.4 Å². The standard InChI is InChI=1S/C33H51O3PSi2.C28H42O3.C22H38O2Si.C4H8O.2CH4/c1-26-27(22-23-37(34,29-18-14-12-15-19-29)30-20-16-13-17-21-30)24-28(35-38(8,9)32(2,3)4)25-31(26)36-39(10,11)33(5,6)7;1-19-21(17-22(29)18-24(19)30)9-8-20-7-5-13-27(4)23(20)10-11-25(27)28(15-16-28)14-6-12-26(2,3)31;1-20(2,24-25(4,5)6)12-8-14-22(15-16-22)19-11-10-17-18(23)9-7-13-21(17,19)3;1-2-4-5-3-1;;/h12-22,28,31H,1,23-25H2,2-11H3;8-9,11,22-24,29-31H,1,5-7,10,12-18H2,2-4H3;11,17H,7-10,12-16H2,1-6H3;1-4H2;2*1H4/b27-22-;20-8+,21-9-;;;;/t28?,31-;22?,23?,24-,27-;17?,21-;;;/m000.../s1/i;2D3,3D3;1D3,2D3;;;. The van der Waals surface area contributed by atoms with Crippen LogP contribution in [0.25, 0.3) is 0 Å². The van der Waals surface area contributed by atoms with Crippen LogP contribution in [0.2, 0.25) is 55.9 Å². The maximum absolute atomic E-state index is 14.7. The maximum Gasteiger partial charge on any atom is 0.192 e. The van der Waals surface area contributed by atoms with Gasteiger partial charge in [-0.1, -0.05) is 191 Å². The van der Waals surface area contributed by atoms with Gasteiger partial charge < -0.3 is 37.9 Å². The summed E-state index contributed by atoms with van der Waals surface area (Å²) in [5.74, 6) is 0.843. The van der Waals surface area contributed by atoms with Crippen LogP contribution in [0.4, 0.5) is 0 Å². The van der Waals surface area contributed by atoms with Crippen LogP contribution in [0.1, 0.15) is 268 Å². The fourth-order valence-electron chi connectivity index (χ4n) is 17.0. The normalized spacial score (nSPS) is 30.6. The first-order chi connectivity index (χ1) is 51.4. The van der Waals surface area contributed by atoms with Crippen LogP contribution in [0.5, 0.6) is 0 Å². The molecule has 1 heterocycles. The van der Waals surface area contributed by atoms with Crippen molar-refractivity contribution in [3.05, 3.63) is 143 Å². The first-order valence-corrected chi connectivity index (χ1v) is 49.3. The Kier molecular flexibility index (Phi) is 24.0. The smallest absolute Gasteiger partial charge is 0.192 e. The molecule has 0 amide bonds. The summed E-state index contributed by atoms with van der Waals surface area (Å²) in [4.78, 5) is 12.5. The number of ketones is 1. The van der Waals surface area contributed by atoms with E-state index in [0.29, 0.717) is 62.0 Å². The Morgan fingerprint density at radius 3 is 1.65 bits per heavy atom. The van der Waals surface area contributed by atoms with E-state index in [2.05, 4.69) is 119 Å². The highest BCUT2D eigenvalue weighted by Gasteiger charge is 2.59. The van der Waals surface area contributed by atoms with Crippen LogP contribution in [0, 0.1) is 33.5 Å². The molecule has 11 rings (SSSR count). The second-order valence-corrected chi connectivity index (χ2v) is 52.9. The lowest BCUT2D eigenvalue weighted by atomic mass is 9.61. The predicted molar refractivity (Wildman–Crippen MR) is 442 cm³/mol. The first-order valence-electron chi connectivity index (χ1n) is 44.2. The Hall–Kier alpha value is -3.11. The van der Waals surface area contributed by atoms with Crippen molar-refractivity contribution in [1.29, 1.82) is 0 Å². The number of fused-ring (bicyclic) bond motifs is 2. The lowest BCUT2D eigenvalue weighted by molar-refractivity contribution is -0.128. The highest BCUT2D eigenvalue weighted by molar-refractivity contribution is 7.78. The molecule has 102 heavy (non-hydrogen) atoms. The highest BCUT2D eigenvalue weighted by Crippen LogP contribution is 2.69. The van der Waals surface area contributed by atoms with E-state index in [-0.39, 0.29) is 77.6 Å². The molecule has 9 aliphatic rings. The van der Waals surface area contributed by atoms with Crippen LogP contribution in [0.15, 0.2) is 143 Å². The molecule has 3 N–H and O–H groups in total. The lowest BCUT2D eigenvalue weighted by Crippen LogP contribution is -2.49. The molecule has 0 radical (unpaired) electrons. The highest BCUT2D eigenvalue weighted by atomic mass is 31.2. The Labute approximate surface area is 643 Å². The average molecular weight is 1490 g/mol. The monoisotopic (exact) mass is 1490 g/mol. The van der Waals surface area contributed by atoms with E-state index in [4.69, 9.17) is 34.5 Å². The third-order valence-corrected chi connectivity index (χ3v) is 37.9. The number of benzene rings is 2. The molecule has 8 aliphatic carbocycles. The van der Waals surface area contributed by atoms with Crippen molar-refractivity contribution in [2.75, 3.05) is 19.4 Å². The minimum atomic E-state index is -2.97. The molecule has 13 heteroatoms. The van der Waals surface area contributed by atoms with Gasteiger partial charge in [-0.2, -0.15) is 0 Å².